The molecule has 0 saturated heterocycles. The number of hydrogen-bond donors (Lipinski definition) is 0. The minimum Gasteiger partial charge on any atom is -1.00 e. The van der Waals surface area contributed by atoms with Gasteiger partial charge in [0.15, 0.2) is 0 Å². The second kappa shape index (κ2) is 8.01. The van der Waals surface area contributed by atoms with Crippen LogP contribution >= 0.6 is 0 Å². The van der Waals surface area contributed by atoms with Gasteiger partial charge in [0.2, 0.25) is 0 Å². The van der Waals surface area contributed by atoms with Gasteiger partial charge in [0, 0.05) is 0 Å². The first-order chi connectivity index (χ1) is 7.27. The van der Waals surface area contributed by atoms with Crippen LogP contribution in [0.25, 0.3) is 0 Å². The predicted molar refractivity (Wildman–Crippen MR) is 67.4 cm³/mol. The van der Waals surface area contributed by atoms with Crippen molar-refractivity contribution in [1.29, 1.82) is 0 Å². The topological polar surface area (TPSA) is 0 Å². The Morgan fingerprint density at radius 2 is 1.00 bits per heavy atom. The molecule has 0 N–H and O–H groups in total. The maximum atomic E-state index is 2.29. The van der Waals surface area contributed by atoms with E-state index in [1.807, 2.05) is 0 Å². The van der Waals surface area contributed by atoms with E-state index in [2.05, 4.69) is 62.4 Å². The first-order valence-electron chi connectivity index (χ1n) is 5.15. The van der Waals surface area contributed by atoms with Crippen molar-refractivity contribution in [3.63, 3.8) is 0 Å². The summed E-state index contributed by atoms with van der Waals surface area (Å²) in [6, 6.07) is 17.6. The van der Waals surface area contributed by atoms with Crippen molar-refractivity contribution in [1.82, 2.24) is 0 Å². The Labute approximate surface area is 126 Å². The van der Waals surface area contributed by atoms with Gasteiger partial charge in [-0.2, -0.15) is 0 Å². The van der Waals surface area contributed by atoms with Crippen molar-refractivity contribution in [3.05, 3.63) is 59.7 Å². The van der Waals surface area contributed by atoms with Crippen molar-refractivity contribution in [2.75, 3.05) is 0 Å². The fourth-order valence-corrected chi connectivity index (χ4v) is 5.03. The monoisotopic (exact) mass is 372 g/mol. The Bertz CT molecular complexity index is 426. The van der Waals surface area contributed by atoms with Gasteiger partial charge in [-0.05, 0) is 0 Å². The fraction of sp³-hybridized carbons (Fsp3) is 0.143. The molecule has 0 fully saturated rings. The Balaban J connectivity index is 0.00000128. The summed E-state index contributed by atoms with van der Waals surface area (Å²) in [6.07, 6.45) is 0. The van der Waals surface area contributed by atoms with Crippen molar-refractivity contribution < 1.29 is 24.8 Å². The van der Waals surface area contributed by atoms with E-state index in [0.717, 1.165) is 0 Å². The number of aryl methyl sites for hydroxylation is 2. The molecule has 0 amide bonds. The summed E-state index contributed by atoms with van der Waals surface area (Å²) in [7, 11) is 0. The molecule has 88 valence electrons. The maximum absolute atomic E-state index is 2.29. The average molecular weight is 372 g/mol. The first kappa shape index (κ1) is 16.8. The van der Waals surface area contributed by atoms with E-state index in [4.69, 9.17) is 0 Å². The molecule has 17 heavy (non-hydrogen) atoms. The van der Waals surface area contributed by atoms with Gasteiger partial charge >= 0.3 is 102 Å². The van der Waals surface area contributed by atoms with Gasteiger partial charge in [-0.3, -0.25) is 0 Å². The van der Waals surface area contributed by atoms with Crippen LogP contribution in [-0.4, -0.2) is 21.1 Å². The molecular formula is C14H14Cl2Sn. The number of halogens is 2. The van der Waals surface area contributed by atoms with Gasteiger partial charge in [0.25, 0.3) is 0 Å². The van der Waals surface area contributed by atoms with E-state index < -0.39 is 21.1 Å². The van der Waals surface area contributed by atoms with Crippen molar-refractivity contribution in [2.24, 2.45) is 0 Å². The smallest absolute Gasteiger partial charge is 1.00 e. The Morgan fingerprint density at radius 3 is 1.35 bits per heavy atom. The summed E-state index contributed by atoms with van der Waals surface area (Å²) in [5.41, 5.74) is 2.90. The third kappa shape index (κ3) is 4.53. The zero-order valence-electron chi connectivity index (χ0n) is 9.87. The number of rotatable bonds is 2. The van der Waals surface area contributed by atoms with Crippen LogP contribution in [0.2, 0.25) is 0 Å². The number of benzene rings is 2. The van der Waals surface area contributed by atoms with Crippen LogP contribution in [-0.2, 0) is 0 Å². The van der Waals surface area contributed by atoms with Crippen molar-refractivity contribution in [2.45, 2.75) is 13.8 Å². The van der Waals surface area contributed by atoms with E-state index in [1.165, 1.54) is 11.1 Å². The molecule has 0 radical (unpaired) electrons. The third-order valence-electron chi connectivity index (χ3n) is 2.56. The molecule has 0 nitrogen and oxygen atoms in total. The van der Waals surface area contributed by atoms with Crippen LogP contribution in [0.1, 0.15) is 11.1 Å². The Kier molecular flexibility index (Phi) is 7.93. The van der Waals surface area contributed by atoms with E-state index in [-0.39, 0.29) is 24.8 Å². The van der Waals surface area contributed by atoms with E-state index in [9.17, 15) is 0 Å². The van der Waals surface area contributed by atoms with Crippen LogP contribution in [0.4, 0.5) is 0 Å². The molecule has 0 aliphatic carbocycles. The zero-order valence-corrected chi connectivity index (χ0v) is 14.2. The average Bonchev–Trinajstić information content (AvgIpc) is 2.24. The van der Waals surface area contributed by atoms with Crippen molar-refractivity contribution >= 4 is 28.3 Å². The fourth-order valence-electron chi connectivity index (χ4n) is 1.57. The molecule has 0 aliphatic heterocycles. The van der Waals surface area contributed by atoms with Gasteiger partial charge in [0.1, 0.15) is 0 Å². The molecular weight excluding hydrogens is 358 g/mol. The maximum Gasteiger partial charge on any atom is -1.00 e. The van der Waals surface area contributed by atoms with Crippen molar-refractivity contribution in [3.8, 4) is 0 Å². The minimum absolute atomic E-state index is 0. The summed E-state index contributed by atoms with van der Waals surface area (Å²) >= 11 is -0.591. The van der Waals surface area contributed by atoms with E-state index >= 15 is 0 Å². The molecule has 0 aliphatic rings. The van der Waals surface area contributed by atoms with Crippen LogP contribution in [0, 0.1) is 13.8 Å². The molecule has 0 aromatic heterocycles. The standard InChI is InChI=1S/2C7H7.2ClH.Sn/c2*1-7-5-3-2-4-6-7;;;/h2*2-5H,1H3;2*1H;/q;;;;+2/p-2. The van der Waals surface area contributed by atoms with Gasteiger partial charge in [-0.1, -0.05) is 0 Å². The molecule has 0 atom stereocenters. The third-order valence-corrected chi connectivity index (χ3v) is 7.30. The van der Waals surface area contributed by atoms with E-state index in [1.54, 1.807) is 7.16 Å². The van der Waals surface area contributed by atoms with Gasteiger partial charge in [0.05, 0.1) is 0 Å². The SMILES string of the molecule is Cc1cccc[c]1[Sn+2][c]1ccccc1C.[Cl-].[Cl-]. The molecule has 0 unspecified atom stereocenters. The second-order valence-corrected chi connectivity index (χ2v) is 7.54. The summed E-state index contributed by atoms with van der Waals surface area (Å²) in [6.45, 7) is 4.43. The van der Waals surface area contributed by atoms with Gasteiger partial charge in [-0.25, -0.2) is 0 Å². The molecule has 0 bridgehead atoms. The van der Waals surface area contributed by atoms with Crippen LogP contribution < -0.4 is 32.0 Å². The summed E-state index contributed by atoms with van der Waals surface area (Å²) in [5, 5.41) is 0. The van der Waals surface area contributed by atoms with Crippen LogP contribution in [0.3, 0.4) is 0 Å². The van der Waals surface area contributed by atoms with E-state index in [0.29, 0.717) is 0 Å². The predicted octanol–water partition coefficient (Wildman–Crippen LogP) is -4.03. The quantitative estimate of drug-likeness (QED) is 0.472. The molecule has 0 heterocycles. The van der Waals surface area contributed by atoms with Crippen LogP contribution in [0.15, 0.2) is 48.5 Å². The largest absolute Gasteiger partial charge is 1.00 e. The first-order valence-corrected chi connectivity index (χ1v) is 8.01. The summed E-state index contributed by atoms with van der Waals surface area (Å²) in [5.74, 6) is 0. The molecule has 2 rings (SSSR count). The van der Waals surface area contributed by atoms with Gasteiger partial charge < -0.3 is 24.8 Å². The Hall–Kier alpha value is -0.181. The molecule has 2 aromatic carbocycles. The van der Waals surface area contributed by atoms with Gasteiger partial charge in [-0.15, -0.1) is 0 Å². The molecule has 0 spiro atoms. The number of hydrogen-bond acceptors (Lipinski definition) is 0. The molecule has 2 aromatic rings. The summed E-state index contributed by atoms with van der Waals surface area (Å²) in [4.78, 5) is 0. The normalized spacial score (nSPS) is 8.59. The second-order valence-electron chi connectivity index (χ2n) is 3.75. The molecule has 3 heteroatoms. The minimum atomic E-state index is -0.591. The Morgan fingerprint density at radius 1 is 0.647 bits per heavy atom. The molecule has 0 saturated carbocycles. The zero-order chi connectivity index (χ0) is 10.7. The summed E-state index contributed by atoms with van der Waals surface area (Å²) < 4.78 is 3.19. The van der Waals surface area contributed by atoms with Crippen LogP contribution in [0.5, 0.6) is 0 Å².